The molecule has 0 aromatic rings. The molecule has 0 aliphatic heterocycles. The molecule has 0 heterocycles. The van der Waals surface area contributed by atoms with Gasteiger partial charge in [-0.2, -0.15) is 0 Å². The van der Waals surface area contributed by atoms with Crippen LogP contribution in [-0.4, -0.2) is 45.1 Å². The Morgan fingerprint density at radius 2 is 2.18 bits per heavy atom. The first-order chi connectivity index (χ1) is 5.09. The van der Waals surface area contributed by atoms with Crippen LogP contribution in [0.25, 0.3) is 0 Å². The molecule has 0 amide bonds. The number of aliphatic carboxylic acids is 1. The van der Waals surface area contributed by atoms with Gasteiger partial charge in [0.2, 0.25) is 0 Å². The summed E-state index contributed by atoms with van der Waals surface area (Å²) in [5.74, 6) is -1.26. The summed E-state index contributed by atoms with van der Waals surface area (Å²) >= 11 is 1.02. The van der Waals surface area contributed by atoms with E-state index < -0.39 is 18.1 Å². The van der Waals surface area contributed by atoms with Gasteiger partial charge in [-0.1, -0.05) is 0 Å². The third-order valence-corrected chi connectivity index (χ3v) is 1.84. The zero-order chi connectivity index (χ0) is 8.85. The lowest BCUT2D eigenvalue weighted by Crippen LogP contribution is -2.43. The number of carboxylic acid groups (broad SMARTS) is 1. The molecule has 0 aliphatic carbocycles. The van der Waals surface area contributed by atoms with E-state index in [2.05, 4.69) is 0 Å². The molecule has 0 aromatic carbocycles. The Hall–Kier alpha value is -0.300. The molecule has 2 atom stereocenters. The number of carbonyl (C=O) groups is 1. The number of hydrogen-bond acceptors (Lipinski definition) is 5. The van der Waals surface area contributed by atoms with E-state index in [9.17, 15) is 4.79 Å². The molecule has 6 heteroatoms. The normalized spacial score (nSPS) is 15.9. The van der Waals surface area contributed by atoms with Crippen LogP contribution < -0.4 is 5.73 Å². The van der Waals surface area contributed by atoms with Gasteiger partial charge in [-0.05, 0) is 0 Å². The van der Waals surface area contributed by atoms with Crippen molar-refractivity contribution in [2.75, 3.05) is 11.7 Å². The van der Waals surface area contributed by atoms with Crippen LogP contribution in [0.2, 0.25) is 0 Å². The first kappa shape index (κ1) is 10.7. The third-order valence-electron chi connectivity index (χ3n) is 1.08. The monoisotopic (exact) mass is 181 g/mol. The van der Waals surface area contributed by atoms with Crippen LogP contribution in [0.3, 0.4) is 0 Å². The van der Waals surface area contributed by atoms with Crippen molar-refractivity contribution in [1.29, 1.82) is 0 Å². The van der Waals surface area contributed by atoms with Crippen molar-refractivity contribution in [3.05, 3.63) is 0 Å². The number of hydrogen-bond donors (Lipinski definition) is 4. The van der Waals surface area contributed by atoms with Gasteiger partial charge in [0.05, 0.1) is 12.0 Å². The summed E-state index contributed by atoms with van der Waals surface area (Å²) < 4.78 is 0. The molecular weight excluding hydrogens is 170 g/mol. The summed E-state index contributed by atoms with van der Waals surface area (Å²) in [5, 5.41) is 25.6. The Kier molecular flexibility index (Phi) is 5.22. The van der Waals surface area contributed by atoms with Crippen LogP contribution in [0.1, 0.15) is 0 Å². The lowest BCUT2D eigenvalue weighted by Gasteiger charge is -2.12. The minimum Gasteiger partial charge on any atom is -0.480 e. The summed E-state index contributed by atoms with van der Waals surface area (Å²) in [5.41, 5.74) is 5.06. The van der Waals surface area contributed by atoms with E-state index in [1.54, 1.807) is 0 Å². The second-order valence-electron chi connectivity index (χ2n) is 1.93. The van der Waals surface area contributed by atoms with E-state index in [0.717, 1.165) is 11.8 Å². The van der Waals surface area contributed by atoms with Gasteiger partial charge in [-0.15, -0.1) is 11.8 Å². The fraction of sp³-hybridized carbons (Fsp3) is 0.800. The van der Waals surface area contributed by atoms with E-state index in [4.69, 9.17) is 21.1 Å². The molecule has 0 saturated heterocycles. The minimum absolute atomic E-state index is 0.129. The highest BCUT2D eigenvalue weighted by molar-refractivity contribution is 7.99. The van der Waals surface area contributed by atoms with Crippen molar-refractivity contribution < 1.29 is 20.1 Å². The number of aliphatic hydroxyl groups is 2. The van der Waals surface area contributed by atoms with E-state index in [-0.39, 0.29) is 11.7 Å². The van der Waals surface area contributed by atoms with E-state index in [0.29, 0.717) is 0 Å². The molecule has 66 valence electrons. The second-order valence-corrected chi connectivity index (χ2v) is 2.93. The van der Waals surface area contributed by atoms with Crippen molar-refractivity contribution in [1.82, 2.24) is 0 Å². The van der Waals surface area contributed by atoms with Crippen LogP contribution in [0.4, 0.5) is 0 Å². The summed E-state index contributed by atoms with van der Waals surface area (Å²) in [6, 6.07) is -1.27. The first-order valence-corrected chi connectivity index (χ1v) is 4.10. The molecule has 0 fully saturated rings. The van der Waals surface area contributed by atoms with Crippen molar-refractivity contribution in [3.63, 3.8) is 0 Å². The lowest BCUT2D eigenvalue weighted by atomic mass is 10.2. The first-order valence-electron chi connectivity index (χ1n) is 2.94. The summed E-state index contributed by atoms with van der Waals surface area (Å²) in [4.78, 5) is 10.1. The van der Waals surface area contributed by atoms with Gasteiger partial charge < -0.3 is 21.1 Å². The van der Waals surface area contributed by atoms with E-state index >= 15 is 0 Å². The average Bonchev–Trinajstić information content (AvgIpc) is 1.98. The molecule has 0 saturated carbocycles. The van der Waals surface area contributed by atoms with Crippen molar-refractivity contribution in [3.8, 4) is 0 Å². The predicted molar refractivity (Wildman–Crippen MR) is 41.2 cm³/mol. The Balaban J connectivity index is 3.63. The van der Waals surface area contributed by atoms with Gasteiger partial charge in [-0.3, -0.25) is 4.79 Å². The number of thioether (sulfide) groups is 1. The van der Waals surface area contributed by atoms with Crippen molar-refractivity contribution >= 4 is 17.7 Å². The van der Waals surface area contributed by atoms with Crippen molar-refractivity contribution in [2.45, 2.75) is 12.1 Å². The number of aliphatic hydroxyl groups excluding tert-OH is 2. The van der Waals surface area contributed by atoms with Gasteiger partial charge in [0.25, 0.3) is 0 Å². The molecule has 0 radical (unpaired) electrons. The maximum atomic E-state index is 10.1. The molecule has 0 aromatic heterocycles. The molecule has 0 spiro atoms. The highest BCUT2D eigenvalue weighted by Gasteiger charge is 2.21. The molecule has 5 nitrogen and oxygen atoms in total. The largest absolute Gasteiger partial charge is 0.480 e. The summed E-state index contributed by atoms with van der Waals surface area (Å²) in [7, 11) is 0. The summed E-state index contributed by atoms with van der Waals surface area (Å²) in [6.07, 6.45) is -1.11. The fourth-order valence-electron chi connectivity index (χ4n) is 0.442. The van der Waals surface area contributed by atoms with Gasteiger partial charge in [-0.25, -0.2) is 0 Å². The predicted octanol–water partition coefficient (Wildman–Crippen LogP) is -1.56. The van der Waals surface area contributed by atoms with Crippen LogP contribution >= 0.6 is 11.8 Å². The molecule has 11 heavy (non-hydrogen) atoms. The van der Waals surface area contributed by atoms with Crippen LogP contribution in [0.15, 0.2) is 0 Å². The lowest BCUT2D eigenvalue weighted by molar-refractivity contribution is -0.140. The third kappa shape index (κ3) is 4.20. The Labute approximate surface area is 68.2 Å². The van der Waals surface area contributed by atoms with Gasteiger partial charge in [0.1, 0.15) is 6.04 Å². The zero-order valence-corrected chi connectivity index (χ0v) is 6.62. The molecule has 0 aliphatic rings. The standard InChI is InChI=1S/C5H11NO4S/c6-4(5(9)10)3(8)1-11-2-7/h3-4,7-8H,1-2,6H2,(H,9,10). The molecule has 0 bridgehead atoms. The van der Waals surface area contributed by atoms with Crippen LogP contribution in [0.5, 0.6) is 0 Å². The smallest absolute Gasteiger partial charge is 0.323 e. The Morgan fingerprint density at radius 1 is 1.64 bits per heavy atom. The van der Waals surface area contributed by atoms with Gasteiger partial charge in [0, 0.05) is 5.75 Å². The zero-order valence-electron chi connectivity index (χ0n) is 5.80. The average molecular weight is 181 g/mol. The molecular formula is C5H11NO4S. The molecule has 2 unspecified atom stereocenters. The van der Waals surface area contributed by atoms with Gasteiger partial charge >= 0.3 is 5.97 Å². The summed E-state index contributed by atoms with van der Waals surface area (Å²) in [6.45, 7) is 0. The molecule has 0 rings (SSSR count). The number of rotatable bonds is 5. The maximum Gasteiger partial charge on any atom is 0.323 e. The quantitative estimate of drug-likeness (QED) is 0.382. The molecule has 5 N–H and O–H groups in total. The highest BCUT2D eigenvalue weighted by atomic mass is 32.2. The van der Waals surface area contributed by atoms with Crippen molar-refractivity contribution in [2.24, 2.45) is 5.73 Å². The topological polar surface area (TPSA) is 104 Å². The Morgan fingerprint density at radius 3 is 2.55 bits per heavy atom. The minimum atomic E-state index is -1.27. The number of nitrogens with two attached hydrogens (primary N) is 1. The SMILES string of the molecule is NC(C(=O)O)C(O)CSCO. The fourth-order valence-corrected chi connectivity index (χ4v) is 0.996. The van der Waals surface area contributed by atoms with Crippen LogP contribution in [-0.2, 0) is 4.79 Å². The highest BCUT2D eigenvalue weighted by Crippen LogP contribution is 2.02. The van der Waals surface area contributed by atoms with Gasteiger partial charge in [0.15, 0.2) is 0 Å². The van der Waals surface area contributed by atoms with Crippen LogP contribution in [0, 0.1) is 0 Å². The second kappa shape index (κ2) is 5.36. The number of carboxylic acids is 1. The van der Waals surface area contributed by atoms with E-state index in [1.807, 2.05) is 0 Å². The van der Waals surface area contributed by atoms with E-state index in [1.165, 1.54) is 0 Å². The Bertz CT molecular complexity index is 132. The maximum absolute atomic E-state index is 10.1.